The topological polar surface area (TPSA) is 0 Å². The van der Waals surface area contributed by atoms with Crippen molar-refractivity contribution in [3.63, 3.8) is 0 Å². The molecular formula is C135H110. The second-order valence-electron chi connectivity index (χ2n) is 37.9. The molecule has 0 saturated carbocycles. The van der Waals surface area contributed by atoms with Crippen molar-refractivity contribution in [1.82, 2.24) is 0 Å². The molecule has 25 rings (SSSR count). The quantitative estimate of drug-likeness (QED) is 0.128. The summed E-state index contributed by atoms with van der Waals surface area (Å²) in [5.41, 5.74) is 52.1. The van der Waals surface area contributed by atoms with Gasteiger partial charge in [-0.1, -0.05) is 541 Å². The molecular weight excluding hydrogens is 1620 g/mol. The van der Waals surface area contributed by atoms with Crippen LogP contribution in [-0.2, 0) is 27.1 Å². The van der Waals surface area contributed by atoms with E-state index in [1.54, 1.807) is 0 Å². The van der Waals surface area contributed by atoms with E-state index in [9.17, 15) is 0 Å². The molecule has 135 heavy (non-hydrogen) atoms. The van der Waals surface area contributed by atoms with Gasteiger partial charge in [0.1, 0.15) is 0 Å². The van der Waals surface area contributed by atoms with E-state index in [1.165, 1.54) is 223 Å². The predicted octanol–water partition coefficient (Wildman–Crippen LogP) is 33.3. The Hall–Kier alpha value is -15.6. The Bertz CT molecular complexity index is 7420. The lowest BCUT2D eigenvalue weighted by molar-refractivity contribution is 0.766. The van der Waals surface area contributed by atoms with Crippen molar-refractivity contribution in [3.8, 4) is 55.6 Å². The average molecular weight is 1730 g/mol. The van der Waals surface area contributed by atoms with Gasteiger partial charge in [0, 0.05) is 0 Å². The van der Waals surface area contributed by atoms with Crippen LogP contribution in [0.2, 0.25) is 0 Å². The molecule has 0 saturated heterocycles. The zero-order valence-electron chi connectivity index (χ0n) is 78.7. The monoisotopic (exact) mass is 1730 g/mol. The van der Waals surface area contributed by atoms with Gasteiger partial charge >= 0.3 is 0 Å². The van der Waals surface area contributed by atoms with Crippen molar-refractivity contribution >= 4 is 0 Å². The van der Waals surface area contributed by atoms with Crippen LogP contribution < -0.4 is 0 Å². The molecule has 650 valence electrons. The van der Waals surface area contributed by atoms with Gasteiger partial charge < -0.3 is 0 Å². The SMILES string of the molecule is Cc1ccc(C2(c3ccc(C)cc3)c3ccccc3-c3ccccc32)cc1.Cc1ccc(C2(c3cccc(C)c3)c3ccccc3-c3ccccc32)cc1.Cc1ccc(C2(c3ccccc3)c3ccccc3-c3ccc(C)cc32)cc1.Cc1ccc2c(c1)C(c1ccccc1)(c1ccccc1)c1cc(C)ccc1-2.Cc1cccc(C2(c3cccc(C)c3)c3ccccc3-c3ccccc32)c1. The Balaban J connectivity index is 0.000000101. The van der Waals surface area contributed by atoms with Crippen molar-refractivity contribution in [2.45, 2.75) is 96.3 Å². The number of fused-ring (bicyclic) bond motifs is 15. The number of benzene rings is 20. The second kappa shape index (κ2) is 35.5. The van der Waals surface area contributed by atoms with Crippen LogP contribution in [0.5, 0.6) is 0 Å². The molecule has 0 heteroatoms. The standard InChI is InChI=1S/5C27H22/c1-19-9-7-11-21(17-19)27(22-12-8-10-20(2)18-22)25-15-5-3-13-23(25)24-14-4-6-16-26(24)27;1-19-14-16-21(17-15-19)27(22-9-7-8-20(2)18-22)25-12-5-3-10-23(25)24-11-4-6-13-26(24)27;1-19-11-15-21(16-12-19)27(22-17-13-20(2)14-18-22)25-9-5-3-7-23(25)24-8-4-6-10-26(24)27;1-19-13-15-23-24-16-14-20(2)18-26(24)27(25(23)17-19,21-9-5-3-6-10-21)22-11-7-4-8-12-22;1-19-12-15-22(16-13-19)27(21-8-4-3-5-9-21)25-11-7-6-10-23(25)24-17-14-20(2)18-26(24)27/h5*3-18H,1-2H3. The Morgan fingerprint density at radius 3 is 0.467 bits per heavy atom. The van der Waals surface area contributed by atoms with Gasteiger partial charge in [-0.05, 0) is 236 Å². The fraction of sp³-hybridized carbons (Fsp3) is 0.111. The van der Waals surface area contributed by atoms with Gasteiger partial charge in [-0.2, -0.15) is 0 Å². The van der Waals surface area contributed by atoms with Crippen LogP contribution >= 0.6 is 0 Å². The minimum absolute atomic E-state index is 0.269. The third-order valence-corrected chi connectivity index (χ3v) is 29.4. The summed E-state index contributed by atoms with van der Waals surface area (Å²) in [5.74, 6) is 0. The molecule has 0 aliphatic heterocycles. The summed E-state index contributed by atoms with van der Waals surface area (Å²) in [6.45, 7) is 21.7. The first-order chi connectivity index (χ1) is 66.0. The largest absolute Gasteiger partial charge is 0.0713 e. The molecule has 0 heterocycles. The van der Waals surface area contributed by atoms with Crippen LogP contribution in [0.15, 0.2) is 485 Å². The number of hydrogen-bond donors (Lipinski definition) is 0. The number of aryl methyl sites for hydroxylation is 10. The molecule has 1 unspecified atom stereocenters. The van der Waals surface area contributed by atoms with Gasteiger partial charge in [0.05, 0.1) is 27.1 Å². The van der Waals surface area contributed by atoms with E-state index in [2.05, 4.69) is 555 Å². The lowest BCUT2D eigenvalue weighted by Crippen LogP contribution is -2.28. The van der Waals surface area contributed by atoms with E-state index in [-0.39, 0.29) is 27.1 Å². The summed E-state index contributed by atoms with van der Waals surface area (Å²) >= 11 is 0. The number of hydrogen-bond acceptors (Lipinski definition) is 0. The maximum Gasteiger partial charge on any atom is 0.0713 e. The zero-order chi connectivity index (χ0) is 92.2. The van der Waals surface area contributed by atoms with E-state index in [0.717, 1.165) is 0 Å². The first-order valence-corrected chi connectivity index (χ1v) is 47.7. The fourth-order valence-electron chi connectivity index (χ4n) is 23.5. The molecule has 5 aliphatic carbocycles. The minimum Gasteiger partial charge on any atom is -0.0622 e. The summed E-state index contributed by atoms with van der Waals surface area (Å²) in [4.78, 5) is 0. The highest BCUT2D eigenvalue weighted by atomic mass is 14.5. The Labute approximate surface area is 798 Å². The van der Waals surface area contributed by atoms with Crippen LogP contribution in [-0.4, -0.2) is 0 Å². The van der Waals surface area contributed by atoms with Crippen molar-refractivity contribution in [1.29, 1.82) is 0 Å². The second-order valence-corrected chi connectivity index (χ2v) is 37.9. The molecule has 1 atom stereocenters. The summed E-state index contributed by atoms with van der Waals surface area (Å²) in [6.07, 6.45) is 0. The molecule has 0 fully saturated rings. The highest BCUT2D eigenvalue weighted by Gasteiger charge is 2.52. The van der Waals surface area contributed by atoms with E-state index >= 15 is 0 Å². The molecule has 5 aliphatic rings. The lowest BCUT2D eigenvalue weighted by atomic mass is 9.67. The van der Waals surface area contributed by atoms with Gasteiger partial charge in [0.2, 0.25) is 0 Å². The van der Waals surface area contributed by atoms with E-state index in [4.69, 9.17) is 0 Å². The van der Waals surface area contributed by atoms with Crippen molar-refractivity contribution in [2.24, 2.45) is 0 Å². The minimum atomic E-state index is -0.273. The van der Waals surface area contributed by atoms with Gasteiger partial charge in [-0.3, -0.25) is 0 Å². The van der Waals surface area contributed by atoms with Gasteiger partial charge in [0.15, 0.2) is 0 Å². The lowest BCUT2D eigenvalue weighted by Gasteiger charge is -2.34. The number of rotatable bonds is 10. The Kier molecular flexibility index (Phi) is 22.7. The molecule has 0 aromatic heterocycles. The highest BCUT2D eigenvalue weighted by Crippen LogP contribution is 2.62. The van der Waals surface area contributed by atoms with Crippen molar-refractivity contribution in [2.75, 3.05) is 0 Å². The van der Waals surface area contributed by atoms with Crippen molar-refractivity contribution < 1.29 is 0 Å². The third-order valence-electron chi connectivity index (χ3n) is 29.4. The van der Waals surface area contributed by atoms with Gasteiger partial charge in [0.25, 0.3) is 0 Å². The fourth-order valence-corrected chi connectivity index (χ4v) is 23.5. The summed E-state index contributed by atoms with van der Waals surface area (Å²) in [6, 6.07) is 179. The molecule has 0 bridgehead atoms. The van der Waals surface area contributed by atoms with Crippen LogP contribution in [0.4, 0.5) is 0 Å². The normalized spacial score (nSPS) is 14.6. The highest BCUT2D eigenvalue weighted by molar-refractivity contribution is 5.92. The van der Waals surface area contributed by atoms with Crippen molar-refractivity contribution in [3.05, 3.63) is 652 Å². The van der Waals surface area contributed by atoms with Crippen LogP contribution in [0, 0.1) is 69.2 Å². The molecule has 0 N–H and O–H groups in total. The third kappa shape index (κ3) is 14.3. The first kappa shape index (κ1) is 86.1. The maximum absolute atomic E-state index is 2.38. The summed E-state index contributed by atoms with van der Waals surface area (Å²) in [5, 5.41) is 0. The van der Waals surface area contributed by atoms with E-state index in [0.29, 0.717) is 0 Å². The molecule has 0 radical (unpaired) electrons. The Morgan fingerprint density at radius 2 is 0.244 bits per heavy atom. The molecule has 0 spiro atoms. The average Bonchev–Trinajstić information content (AvgIpc) is 1.58. The molecule has 0 amide bonds. The molecule has 20 aromatic rings. The van der Waals surface area contributed by atoms with Crippen LogP contribution in [0.1, 0.15) is 167 Å². The van der Waals surface area contributed by atoms with Gasteiger partial charge in [-0.25, -0.2) is 0 Å². The smallest absolute Gasteiger partial charge is 0.0622 e. The van der Waals surface area contributed by atoms with E-state index < -0.39 is 0 Å². The zero-order valence-corrected chi connectivity index (χ0v) is 78.7. The predicted molar refractivity (Wildman–Crippen MR) is 566 cm³/mol. The van der Waals surface area contributed by atoms with Crippen LogP contribution in [0.25, 0.3) is 55.6 Å². The molecule has 20 aromatic carbocycles. The summed E-state index contributed by atoms with van der Waals surface area (Å²) in [7, 11) is 0. The maximum atomic E-state index is 2.38. The van der Waals surface area contributed by atoms with E-state index in [1.807, 2.05) is 0 Å². The molecule has 0 nitrogen and oxygen atoms in total. The summed E-state index contributed by atoms with van der Waals surface area (Å²) < 4.78 is 0. The van der Waals surface area contributed by atoms with Gasteiger partial charge in [-0.15, -0.1) is 0 Å². The van der Waals surface area contributed by atoms with Crippen LogP contribution in [0.3, 0.4) is 0 Å². The first-order valence-electron chi connectivity index (χ1n) is 47.7. The Morgan fingerprint density at radius 1 is 0.0963 bits per heavy atom.